The summed E-state index contributed by atoms with van der Waals surface area (Å²) in [5.41, 5.74) is 0. The summed E-state index contributed by atoms with van der Waals surface area (Å²) in [7, 11) is 3.44. The SMILES string of the molecule is C[N+](C)(CCCCC(=O)[O-])C[Si](C)(C)C. The zero-order valence-electron chi connectivity index (χ0n) is 10.8. The van der Waals surface area contributed by atoms with Gasteiger partial charge in [-0.25, -0.2) is 0 Å². The van der Waals surface area contributed by atoms with Crippen LogP contribution in [0, 0.1) is 0 Å². The van der Waals surface area contributed by atoms with Crippen molar-refractivity contribution in [3.63, 3.8) is 0 Å². The third-order valence-electron chi connectivity index (χ3n) is 2.30. The van der Waals surface area contributed by atoms with E-state index in [0.717, 1.165) is 23.9 Å². The smallest absolute Gasteiger partial charge is 0.110 e. The van der Waals surface area contributed by atoms with Crippen molar-refractivity contribution in [2.45, 2.75) is 38.9 Å². The van der Waals surface area contributed by atoms with Crippen molar-refractivity contribution in [2.75, 3.05) is 26.8 Å². The van der Waals surface area contributed by atoms with E-state index in [1.165, 1.54) is 6.17 Å². The van der Waals surface area contributed by atoms with Crippen molar-refractivity contribution < 1.29 is 14.4 Å². The molecule has 0 spiro atoms. The Morgan fingerprint density at radius 3 is 2.13 bits per heavy atom. The van der Waals surface area contributed by atoms with Crippen molar-refractivity contribution in [2.24, 2.45) is 0 Å². The number of rotatable bonds is 7. The van der Waals surface area contributed by atoms with E-state index in [0.29, 0.717) is 0 Å². The molecule has 0 unspecified atom stereocenters. The minimum absolute atomic E-state index is 0.201. The average molecular weight is 231 g/mol. The first-order valence-corrected chi connectivity index (χ1v) is 9.35. The molecule has 0 aliphatic rings. The van der Waals surface area contributed by atoms with Gasteiger partial charge in [-0.15, -0.1) is 0 Å². The highest BCUT2D eigenvalue weighted by Crippen LogP contribution is 2.10. The van der Waals surface area contributed by atoms with E-state index >= 15 is 0 Å². The first kappa shape index (κ1) is 14.6. The highest BCUT2D eigenvalue weighted by atomic mass is 28.3. The third kappa shape index (κ3) is 9.94. The Bertz CT molecular complexity index is 209. The molecule has 3 nitrogen and oxygen atoms in total. The predicted octanol–water partition coefficient (Wildman–Crippen LogP) is 0.860. The van der Waals surface area contributed by atoms with Gasteiger partial charge in [0.2, 0.25) is 0 Å². The summed E-state index contributed by atoms with van der Waals surface area (Å²) in [6, 6.07) is 0. The summed E-state index contributed by atoms with van der Waals surface area (Å²) in [6.45, 7) is 8.17. The topological polar surface area (TPSA) is 40.1 Å². The lowest BCUT2D eigenvalue weighted by Gasteiger charge is -2.35. The van der Waals surface area contributed by atoms with Crippen LogP contribution in [0.4, 0.5) is 0 Å². The number of aliphatic carboxylic acids is 1. The number of carboxylic acid groups (broad SMARTS) is 1. The van der Waals surface area contributed by atoms with Gasteiger partial charge in [-0.2, -0.15) is 0 Å². The number of nitrogens with zero attached hydrogens (tertiary/aromatic N) is 1. The minimum atomic E-state index is -1.03. The summed E-state index contributed by atoms with van der Waals surface area (Å²) in [6.07, 6.45) is 3.17. The standard InChI is InChI=1S/C11H25NO2Si/c1-12(2,10-15(3,4)5)9-7-6-8-11(13)14/h6-10H2,1-5H3. The lowest BCUT2D eigenvalue weighted by atomic mass is 10.2. The maximum Gasteiger partial charge on any atom is 0.110 e. The Balaban J connectivity index is 3.79. The predicted molar refractivity (Wildman–Crippen MR) is 64.0 cm³/mol. The molecule has 0 rings (SSSR count). The molecule has 0 aliphatic carbocycles. The van der Waals surface area contributed by atoms with E-state index < -0.39 is 14.0 Å². The molecule has 0 amide bonds. The van der Waals surface area contributed by atoms with Gasteiger partial charge in [0.15, 0.2) is 0 Å². The zero-order chi connectivity index (χ0) is 12.1. The molecule has 4 heteroatoms. The molecular weight excluding hydrogens is 206 g/mol. The van der Waals surface area contributed by atoms with Crippen LogP contribution in [-0.4, -0.2) is 45.3 Å². The first-order chi connectivity index (χ1) is 6.62. The van der Waals surface area contributed by atoms with Crippen LogP contribution in [0.25, 0.3) is 0 Å². The summed E-state index contributed by atoms with van der Waals surface area (Å²) < 4.78 is 1.02. The van der Waals surface area contributed by atoms with Crippen LogP contribution >= 0.6 is 0 Å². The van der Waals surface area contributed by atoms with Crippen LogP contribution in [0.15, 0.2) is 0 Å². The normalized spacial score (nSPS) is 12.9. The minimum Gasteiger partial charge on any atom is -0.550 e. The molecule has 0 heterocycles. The fraction of sp³-hybridized carbons (Fsp3) is 0.909. The highest BCUT2D eigenvalue weighted by Gasteiger charge is 2.25. The monoisotopic (exact) mass is 231 g/mol. The van der Waals surface area contributed by atoms with Crippen LogP contribution in [0.3, 0.4) is 0 Å². The number of carbonyl (C=O) groups is 1. The van der Waals surface area contributed by atoms with Crippen LogP contribution in [0.2, 0.25) is 19.6 Å². The Labute approximate surface area is 94.7 Å². The van der Waals surface area contributed by atoms with Gasteiger partial charge < -0.3 is 14.4 Å². The van der Waals surface area contributed by atoms with Gasteiger partial charge in [0.25, 0.3) is 0 Å². The van der Waals surface area contributed by atoms with E-state index in [1.54, 1.807) is 0 Å². The van der Waals surface area contributed by atoms with Gasteiger partial charge in [-0.05, 0) is 19.3 Å². The molecule has 0 aromatic carbocycles. The number of quaternary nitrogens is 1. The van der Waals surface area contributed by atoms with Gasteiger partial charge in [0.1, 0.15) is 8.07 Å². The molecule has 0 aliphatic heterocycles. The number of carboxylic acids is 1. The van der Waals surface area contributed by atoms with Gasteiger partial charge in [0.05, 0.1) is 26.8 Å². The van der Waals surface area contributed by atoms with Crippen molar-refractivity contribution in [3.05, 3.63) is 0 Å². The first-order valence-electron chi connectivity index (χ1n) is 5.64. The number of carbonyl (C=O) groups excluding carboxylic acids is 1. The van der Waals surface area contributed by atoms with Crippen LogP contribution < -0.4 is 5.11 Å². The third-order valence-corrected chi connectivity index (χ3v) is 4.10. The van der Waals surface area contributed by atoms with Crippen molar-refractivity contribution in [1.82, 2.24) is 0 Å². The van der Waals surface area contributed by atoms with Crippen molar-refractivity contribution in [3.8, 4) is 0 Å². The number of hydrogen-bond acceptors (Lipinski definition) is 2. The van der Waals surface area contributed by atoms with Gasteiger partial charge in [-0.1, -0.05) is 19.6 Å². The second-order valence-corrected chi connectivity index (χ2v) is 11.6. The van der Waals surface area contributed by atoms with Gasteiger partial charge in [-0.3, -0.25) is 0 Å². The molecule has 0 aromatic rings. The lowest BCUT2D eigenvalue weighted by molar-refractivity contribution is -0.880. The van der Waals surface area contributed by atoms with Crippen LogP contribution in [-0.2, 0) is 4.79 Å². The fourth-order valence-electron chi connectivity index (χ4n) is 2.17. The molecule has 0 aromatic heterocycles. The summed E-state index contributed by atoms with van der Waals surface area (Å²) in [4.78, 5) is 10.2. The largest absolute Gasteiger partial charge is 0.550 e. The van der Waals surface area contributed by atoms with E-state index in [2.05, 4.69) is 33.7 Å². The van der Waals surface area contributed by atoms with E-state index in [9.17, 15) is 9.90 Å². The van der Waals surface area contributed by atoms with Gasteiger partial charge in [0, 0.05) is 5.97 Å². The van der Waals surface area contributed by atoms with Gasteiger partial charge >= 0.3 is 0 Å². The average Bonchev–Trinajstić information content (AvgIpc) is 1.93. The maximum atomic E-state index is 10.2. The molecule has 0 saturated carbocycles. The molecule has 15 heavy (non-hydrogen) atoms. The highest BCUT2D eigenvalue weighted by molar-refractivity contribution is 6.75. The molecule has 90 valence electrons. The Hall–Kier alpha value is -0.353. The van der Waals surface area contributed by atoms with E-state index in [4.69, 9.17) is 0 Å². The summed E-state index contributed by atoms with van der Waals surface area (Å²) >= 11 is 0. The van der Waals surface area contributed by atoms with E-state index in [1.807, 2.05) is 0 Å². The molecule has 0 atom stereocenters. The molecule has 0 bridgehead atoms. The Morgan fingerprint density at radius 1 is 1.20 bits per heavy atom. The number of hydrogen-bond donors (Lipinski definition) is 0. The lowest BCUT2D eigenvalue weighted by Crippen LogP contribution is -2.50. The summed E-state index contributed by atoms with van der Waals surface area (Å²) in [5, 5.41) is 10.2. The maximum absolute atomic E-state index is 10.2. The second kappa shape index (κ2) is 5.65. The summed E-state index contributed by atoms with van der Waals surface area (Å²) in [5.74, 6) is -0.925. The quantitative estimate of drug-likeness (QED) is 0.370. The van der Waals surface area contributed by atoms with Crippen molar-refractivity contribution in [1.29, 1.82) is 0 Å². The molecule has 0 N–H and O–H groups in total. The second-order valence-electron chi connectivity index (χ2n) is 6.21. The Kier molecular flexibility index (Phi) is 5.52. The Morgan fingerprint density at radius 2 is 1.73 bits per heavy atom. The zero-order valence-corrected chi connectivity index (χ0v) is 11.8. The van der Waals surface area contributed by atoms with Crippen LogP contribution in [0.1, 0.15) is 19.3 Å². The molecule has 0 saturated heterocycles. The number of unbranched alkanes of at least 4 members (excludes halogenated alkanes) is 1. The fourth-order valence-corrected chi connectivity index (χ4v) is 4.90. The molecule has 0 fully saturated rings. The molecule has 0 radical (unpaired) electrons. The van der Waals surface area contributed by atoms with E-state index in [-0.39, 0.29) is 6.42 Å². The van der Waals surface area contributed by atoms with Crippen molar-refractivity contribution >= 4 is 14.0 Å². The molecular formula is C11H25NO2Si. The van der Waals surface area contributed by atoms with Crippen LogP contribution in [0.5, 0.6) is 0 Å².